The number of benzene rings is 2. The van der Waals surface area contributed by atoms with Gasteiger partial charge in [0.1, 0.15) is 0 Å². The first-order chi connectivity index (χ1) is 8.58. The van der Waals surface area contributed by atoms with Crippen molar-refractivity contribution in [3.05, 3.63) is 41.5 Å². The Labute approximate surface area is 104 Å². The minimum Gasteiger partial charge on any atom is -0.378 e. The zero-order chi connectivity index (χ0) is 12.9. The van der Waals surface area contributed by atoms with Gasteiger partial charge in [-0.2, -0.15) is 0 Å². The minimum atomic E-state index is -0.326. The van der Waals surface area contributed by atoms with E-state index in [2.05, 4.69) is 5.32 Å². The van der Waals surface area contributed by atoms with E-state index in [1.807, 2.05) is 43.3 Å². The number of amides is 2. The number of rotatable bonds is 1. The van der Waals surface area contributed by atoms with E-state index in [0.717, 1.165) is 16.5 Å². The normalized spacial score (nSPS) is 13.7. The van der Waals surface area contributed by atoms with Crippen LogP contribution in [0.15, 0.2) is 30.3 Å². The molecule has 1 aliphatic rings. The summed E-state index contributed by atoms with van der Waals surface area (Å²) in [7, 11) is 3.84. The zero-order valence-electron chi connectivity index (χ0n) is 10.2. The van der Waals surface area contributed by atoms with Crippen molar-refractivity contribution < 1.29 is 9.59 Å². The van der Waals surface area contributed by atoms with Crippen LogP contribution in [0.1, 0.15) is 20.7 Å². The van der Waals surface area contributed by atoms with E-state index in [4.69, 9.17) is 0 Å². The first kappa shape index (κ1) is 10.8. The third-order valence-electron chi connectivity index (χ3n) is 3.19. The van der Waals surface area contributed by atoms with Crippen LogP contribution in [0.2, 0.25) is 0 Å². The Morgan fingerprint density at radius 1 is 1.00 bits per heavy atom. The van der Waals surface area contributed by atoms with Gasteiger partial charge in [0.2, 0.25) is 0 Å². The smallest absolute Gasteiger partial charge is 0.258 e. The summed E-state index contributed by atoms with van der Waals surface area (Å²) in [6.07, 6.45) is 0. The molecule has 0 aliphatic carbocycles. The Bertz CT molecular complexity index is 689. The molecule has 18 heavy (non-hydrogen) atoms. The van der Waals surface area contributed by atoms with Crippen molar-refractivity contribution in [2.75, 3.05) is 19.0 Å². The standard InChI is InChI=1S/C14H12N2O2/c1-16(2)9-6-8-4-3-5-10-12(8)11(7-9)14(18)15-13(10)17/h3-7H,1-2H3,(H,15,17,18). The molecule has 0 spiro atoms. The summed E-state index contributed by atoms with van der Waals surface area (Å²) in [5, 5.41) is 4.03. The molecule has 90 valence electrons. The Morgan fingerprint density at radius 2 is 1.72 bits per heavy atom. The van der Waals surface area contributed by atoms with Gasteiger partial charge >= 0.3 is 0 Å². The molecule has 2 aromatic rings. The van der Waals surface area contributed by atoms with Crippen molar-refractivity contribution in [3.63, 3.8) is 0 Å². The van der Waals surface area contributed by atoms with Crippen LogP contribution in [0, 0.1) is 0 Å². The Kier molecular flexibility index (Phi) is 2.13. The molecule has 0 bridgehead atoms. The minimum absolute atomic E-state index is 0.323. The fourth-order valence-corrected chi connectivity index (χ4v) is 2.28. The molecular weight excluding hydrogens is 228 g/mol. The molecule has 0 atom stereocenters. The highest BCUT2D eigenvalue weighted by Gasteiger charge is 2.25. The molecule has 0 saturated carbocycles. The van der Waals surface area contributed by atoms with Gasteiger partial charge in [0.25, 0.3) is 11.8 Å². The van der Waals surface area contributed by atoms with Gasteiger partial charge in [-0.3, -0.25) is 14.9 Å². The highest BCUT2D eigenvalue weighted by atomic mass is 16.2. The summed E-state index contributed by atoms with van der Waals surface area (Å²) in [4.78, 5) is 25.6. The van der Waals surface area contributed by atoms with Crippen molar-refractivity contribution >= 4 is 28.3 Å². The van der Waals surface area contributed by atoms with Crippen molar-refractivity contribution in [2.24, 2.45) is 0 Å². The van der Waals surface area contributed by atoms with Crippen LogP contribution in [-0.4, -0.2) is 25.9 Å². The predicted octanol–water partition coefficient (Wildman–Crippen LogP) is 1.79. The summed E-state index contributed by atoms with van der Waals surface area (Å²) in [6.45, 7) is 0. The number of carbonyl (C=O) groups excluding carboxylic acids is 2. The highest BCUT2D eigenvalue weighted by molar-refractivity contribution is 6.26. The summed E-state index contributed by atoms with van der Waals surface area (Å²) in [5.74, 6) is -0.650. The van der Waals surface area contributed by atoms with Crippen LogP contribution in [0.25, 0.3) is 10.8 Å². The summed E-state index contributed by atoms with van der Waals surface area (Å²) in [6, 6.07) is 9.28. The van der Waals surface area contributed by atoms with Crippen LogP contribution < -0.4 is 10.2 Å². The van der Waals surface area contributed by atoms with E-state index in [9.17, 15) is 9.59 Å². The molecule has 0 saturated heterocycles. The molecule has 1 N–H and O–H groups in total. The van der Waals surface area contributed by atoms with Crippen LogP contribution in [0.4, 0.5) is 5.69 Å². The fraction of sp³-hybridized carbons (Fsp3) is 0.143. The lowest BCUT2D eigenvalue weighted by molar-refractivity contribution is 0.0845. The van der Waals surface area contributed by atoms with Crippen LogP contribution in [0.5, 0.6) is 0 Å². The maximum absolute atomic E-state index is 11.9. The Morgan fingerprint density at radius 3 is 2.44 bits per heavy atom. The fourth-order valence-electron chi connectivity index (χ4n) is 2.28. The Hall–Kier alpha value is -2.36. The molecule has 1 heterocycles. The highest BCUT2D eigenvalue weighted by Crippen LogP contribution is 2.30. The number of hydrogen-bond donors (Lipinski definition) is 1. The molecule has 0 unspecified atom stereocenters. The van der Waals surface area contributed by atoms with Crippen LogP contribution in [0.3, 0.4) is 0 Å². The van der Waals surface area contributed by atoms with E-state index in [0.29, 0.717) is 11.1 Å². The maximum Gasteiger partial charge on any atom is 0.258 e. The molecule has 0 aromatic heterocycles. The predicted molar refractivity (Wildman–Crippen MR) is 70.1 cm³/mol. The molecule has 2 amide bonds. The molecule has 4 nitrogen and oxygen atoms in total. The number of nitrogens with one attached hydrogen (secondary N) is 1. The second-order valence-electron chi connectivity index (χ2n) is 4.57. The average molecular weight is 240 g/mol. The first-order valence-corrected chi connectivity index (χ1v) is 5.67. The quantitative estimate of drug-likeness (QED) is 0.773. The summed E-state index contributed by atoms with van der Waals surface area (Å²) >= 11 is 0. The Balaban J connectivity index is 2.44. The monoisotopic (exact) mass is 240 g/mol. The lowest BCUT2D eigenvalue weighted by atomic mass is 9.94. The third kappa shape index (κ3) is 1.39. The van der Waals surface area contributed by atoms with Gasteiger partial charge < -0.3 is 4.90 Å². The van der Waals surface area contributed by atoms with Gasteiger partial charge in [0.05, 0.1) is 5.56 Å². The number of imide groups is 1. The van der Waals surface area contributed by atoms with E-state index < -0.39 is 0 Å². The third-order valence-corrected chi connectivity index (χ3v) is 3.19. The molecule has 0 radical (unpaired) electrons. The van der Waals surface area contributed by atoms with Crippen LogP contribution >= 0.6 is 0 Å². The van der Waals surface area contributed by atoms with E-state index in [1.54, 1.807) is 6.07 Å². The van der Waals surface area contributed by atoms with Gasteiger partial charge in [-0.05, 0) is 23.6 Å². The topological polar surface area (TPSA) is 49.4 Å². The van der Waals surface area contributed by atoms with Gasteiger partial charge in [-0.1, -0.05) is 12.1 Å². The van der Waals surface area contributed by atoms with E-state index >= 15 is 0 Å². The van der Waals surface area contributed by atoms with Gasteiger partial charge in [-0.15, -0.1) is 0 Å². The van der Waals surface area contributed by atoms with Gasteiger partial charge in [-0.25, -0.2) is 0 Å². The number of nitrogens with zero attached hydrogens (tertiary/aromatic N) is 1. The largest absolute Gasteiger partial charge is 0.378 e. The zero-order valence-corrected chi connectivity index (χ0v) is 10.2. The van der Waals surface area contributed by atoms with Gasteiger partial charge in [0.15, 0.2) is 0 Å². The number of carbonyl (C=O) groups is 2. The lowest BCUT2D eigenvalue weighted by Crippen LogP contribution is -2.34. The molecule has 1 aliphatic heterocycles. The lowest BCUT2D eigenvalue weighted by Gasteiger charge is -2.20. The van der Waals surface area contributed by atoms with E-state index in [1.165, 1.54) is 0 Å². The van der Waals surface area contributed by atoms with Crippen molar-refractivity contribution in [1.82, 2.24) is 5.32 Å². The average Bonchev–Trinajstić information content (AvgIpc) is 2.35. The maximum atomic E-state index is 11.9. The van der Waals surface area contributed by atoms with Crippen molar-refractivity contribution in [2.45, 2.75) is 0 Å². The molecular formula is C14H12N2O2. The van der Waals surface area contributed by atoms with Crippen molar-refractivity contribution in [3.8, 4) is 0 Å². The number of hydrogen-bond acceptors (Lipinski definition) is 3. The summed E-state index contributed by atoms with van der Waals surface area (Å²) < 4.78 is 0. The first-order valence-electron chi connectivity index (χ1n) is 5.67. The SMILES string of the molecule is CN(C)c1cc2c3c(cccc3c1)C(=O)NC2=O. The van der Waals surface area contributed by atoms with Gasteiger partial charge in [0, 0.05) is 30.7 Å². The molecule has 2 aromatic carbocycles. The summed E-state index contributed by atoms with van der Waals surface area (Å²) in [5.41, 5.74) is 2.07. The second kappa shape index (κ2) is 3.57. The molecule has 3 rings (SSSR count). The van der Waals surface area contributed by atoms with Crippen molar-refractivity contribution in [1.29, 1.82) is 0 Å². The van der Waals surface area contributed by atoms with E-state index in [-0.39, 0.29) is 11.8 Å². The number of anilines is 1. The van der Waals surface area contributed by atoms with Crippen LogP contribution in [-0.2, 0) is 0 Å². The molecule has 0 fully saturated rings. The second-order valence-corrected chi connectivity index (χ2v) is 4.57. The molecule has 4 heteroatoms.